The first-order chi connectivity index (χ1) is 8.81. The summed E-state index contributed by atoms with van der Waals surface area (Å²) in [5.41, 5.74) is 0.865. The van der Waals surface area contributed by atoms with Gasteiger partial charge in [0.1, 0.15) is 11.6 Å². The highest BCUT2D eigenvalue weighted by molar-refractivity contribution is 5.90. The third-order valence-corrected chi connectivity index (χ3v) is 2.61. The molecule has 6 nitrogen and oxygen atoms in total. The van der Waals surface area contributed by atoms with Gasteiger partial charge in [0, 0.05) is 38.9 Å². The van der Waals surface area contributed by atoms with Crippen molar-refractivity contribution in [3.05, 3.63) is 17.6 Å². The third-order valence-electron chi connectivity index (χ3n) is 2.61. The molecule has 0 aliphatic rings. The third kappa shape index (κ3) is 6.93. The van der Waals surface area contributed by atoms with E-state index in [1.165, 1.54) is 0 Å². The van der Waals surface area contributed by atoms with Crippen LogP contribution in [0.3, 0.4) is 0 Å². The molecule has 0 bridgehead atoms. The minimum atomic E-state index is -0.0700. The maximum atomic E-state index is 12.3. The maximum absolute atomic E-state index is 12.3. The zero-order valence-corrected chi connectivity index (χ0v) is 15.1. The number of anilines is 1. The molecule has 1 aromatic heterocycles. The highest BCUT2D eigenvalue weighted by Gasteiger charge is 2.19. The number of carbonyl (C=O) groups excluding carboxylic acids is 1. The van der Waals surface area contributed by atoms with Gasteiger partial charge in [-0.05, 0) is 27.9 Å². The van der Waals surface area contributed by atoms with Gasteiger partial charge in [0.2, 0.25) is 0 Å². The standard InChI is InChI=1S/C13H23N5O.2ClH/c1-10-9-12(15-11(2)14-10)18(8-7-16(3)4)13(19)17(5)6;;/h9H,7-8H2,1-6H3;2*1H. The summed E-state index contributed by atoms with van der Waals surface area (Å²) in [4.78, 5) is 26.1. The Kier molecular flexibility index (Phi) is 10.3. The molecular formula is C13H25Cl2N5O. The maximum Gasteiger partial charge on any atom is 0.325 e. The molecule has 0 fully saturated rings. The summed E-state index contributed by atoms with van der Waals surface area (Å²) in [7, 11) is 7.45. The minimum absolute atomic E-state index is 0. The van der Waals surface area contributed by atoms with Crippen molar-refractivity contribution in [1.82, 2.24) is 19.8 Å². The number of urea groups is 1. The number of hydrogen-bond donors (Lipinski definition) is 0. The number of nitrogens with zero attached hydrogens (tertiary/aromatic N) is 5. The lowest BCUT2D eigenvalue weighted by molar-refractivity contribution is 0.222. The Balaban J connectivity index is 0. The van der Waals surface area contributed by atoms with Gasteiger partial charge in [-0.1, -0.05) is 0 Å². The monoisotopic (exact) mass is 337 g/mol. The predicted octanol–water partition coefficient (Wildman–Crippen LogP) is 1.99. The smallest absolute Gasteiger partial charge is 0.325 e. The average Bonchev–Trinajstić information content (AvgIpc) is 2.27. The van der Waals surface area contributed by atoms with Crippen LogP contribution >= 0.6 is 24.8 Å². The molecule has 0 radical (unpaired) electrons. The first-order valence-corrected chi connectivity index (χ1v) is 6.27. The van der Waals surface area contributed by atoms with Crippen LogP contribution in [-0.4, -0.2) is 67.1 Å². The molecule has 0 aliphatic carbocycles. The lowest BCUT2D eigenvalue weighted by atomic mass is 10.3. The van der Waals surface area contributed by atoms with Gasteiger partial charge < -0.3 is 9.80 Å². The molecule has 21 heavy (non-hydrogen) atoms. The number of halogens is 2. The zero-order chi connectivity index (χ0) is 14.6. The SMILES string of the molecule is Cc1cc(N(CCN(C)C)C(=O)N(C)C)nc(C)n1.Cl.Cl. The summed E-state index contributed by atoms with van der Waals surface area (Å²) < 4.78 is 0. The Hall–Kier alpha value is -1.11. The van der Waals surface area contributed by atoms with Crippen molar-refractivity contribution in [2.45, 2.75) is 13.8 Å². The van der Waals surface area contributed by atoms with Crippen molar-refractivity contribution >= 4 is 36.7 Å². The van der Waals surface area contributed by atoms with E-state index in [-0.39, 0.29) is 30.8 Å². The van der Waals surface area contributed by atoms with Crippen molar-refractivity contribution in [2.24, 2.45) is 0 Å². The summed E-state index contributed by atoms with van der Waals surface area (Å²) in [5.74, 6) is 1.34. The molecule has 0 spiro atoms. The lowest BCUT2D eigenvalue weighted by Gasteiger charge is -2.26. The van der Waals surface area contributed by atoms with Crippen LogP contribution in [0.2, 0.25) is 0 Å². The van der Waals surface area contributed by atoms with Crippen LogP contribution in [0.4, 0.5) is 10.6 Å². The number of aryl methyl sites for hydroxylation is 2. The van der Waals surface area contributed by atoms with E-state index in [1.54, 1.807) is 23.9 Å². The van der Waals surface area contributed by atoms with E-state index in [9.17, 15) is 4.79 Å². The fourth-order valence-electron chi connectivity index (χ4n) is 1.69. The van der Waals surface area contributed by atoms with Crippen molar-refractivity contribution in [1.29, 1.82) is 0 Å². The molecule has 122 valence electrons. The van der Waals surface area contributed by atoms with Crippen LogP contribution < -0.4 is 4.90 Å². The number of carbonyl (C=O) groups is 1. The normalized spacial score (nSPS) is 9.67. The molecule has 0 atom stereocenters. The Morgan fingerprint density at radius 3 is 2.05 bits per heavy atom. The van der Waals surface area contributed by atoms with E-state index in [0.29, 0.717) is 18.2 Å². The van der Waals surface area contributed by atoms with E-state index in [1.807, 2.05) is 38.9 Å². The highest BCUT2D eigenvalue weighted by atomic mass is 35.5. The molecule has 0 saturated heterocycles. The molecular weight excluding hydrogens is 313 g/mol. The van der Waals surface area contributed by atoms with Crippen LogP contribution in [-0.2, 0) is 0 Å². The molecule has 1 heterocycles. The molecule has 0 saturated carbocycles. The number of aromatic nitrogens is 2. The van der Waals surface area contributed by atoms with Crippen LogP contribution in [0, 0.1) is 13.8 Å². The van der Waals surface area contributed by atoms with Gasteiger partial charge in [-0.3, -0.25) is 4.90 Å². The lowest BCUT2D eigenvalue weighted by Crippen LogP contribution is -2.43. The highest BCUT2D eigenvalue weighted by Crippen LogP contribution is 2.14. The Labute approximate surface area is 139 Å². The van der Waals surface area contributed by atoms with Crippen molar-refractivity contribution in [2.75, 3.05) is 46.2 Å². The molecule has 1 rings (SSSR count). The first-order valence-electron chi connectivity index (χ1n) is 6.27. The van der Waals surface area contributed by atoms with E-state index >= 15 is 0 Å². The molecule has 0 N–H and O–H groups in total. The van der Waals surface area contributed by atoms with Crippen molar-refractivity contribution in [3.8, 4) is 0 Å². The van der Waals surface area contributed by atoms with Crippen LogP contribution in [0.25, 0.3) is 0 Å². The quantitative estimate of drug-likeness (QED) is 0.843. The Bertz CT molecular complexity index is 434. The van der Waals surface area contributed by atoms with Crippen LogP contribution in [0.15, 0.2) is 6.07 Å². The van der Waals surface area contributed by atoms with Crippen LogP contribution in [0.1, 0.15) is 11.5 Å². The Morgan fingerprint density at radius 1 is 1.05 bits per heavy atom. The number of likely N-dealkylation sites (N-methyl/N-ethyl adjacent to an activating group) is 1. The number of amides is 2. The van der Waals surface area contributed by atoms with Crippen LogP contribution in [0.5, 0.6) is 0 Å². The molecule has 2 amide bonds. The average molecular weight is 338 g/mol. The number of rotatable bonds is 4. The van der Waals surface area contributed by atoms with Gasteiger partial charge in [-0.15, -0.1) is 24.8 Å². The summed E-state index contributed by atoms with van der Waals surface area (Å²) in [6.07, 6.45) is 0. The zero-order valence-electron chi connectivity index (χ0n) is 13.5. The second-order valence-corrected chi connectivity index (χ2v) is 5.05. The minimum Gasteiger partial charge on any atom is -0.330 e. The molecule has 0 aromatic carbocycles. The van der Waals surface area contributed by atoms with Gasteiger partial charge in [-0.25, -0.2) is 14.8 Å². The molecule has 0 aliphatic heterocycles. The summed E-state index contributed by atoms with van der Waals surface area (Å²) in [6, 6.07) is 1.77. The van der Waals surface area contributed by atoms with E-state index in [0.717, 1.165) is 12.2 Å². The fraction of sp³-hybridized carbons (Fsp3) is 0.615. The second-order valence-electron chi connectivity index (χ2n) is 5.05. The summed E-state index contributed by atoms with van der Waals surface area (Å²) >= 11 is 0. The van der Waals surface area contributed by atoms with E-state index < -0.39 is 0 Å². The second kappa shape index (κ2) is 9.76. The molecule has 8 heteroatoms. The van der Waals surface area contributed by atoms with E-state index in [4.69, 9.17) is 0 Å². The summed E-state index contributed by atoms with van der Waals surface area (Å²) in [5, 5.41) is 0. The van der Waals surface area contributed by atoms with E-state index in [2.05, 4.69) is 9.97 Å². The van der Waals surface area contributed by atoms with Gasteiger partial charge >= 0.3 is 6.03 Å². The van der Waals surface area contributed by atoms with Crippen molar-refractivity contribution in [3.63, 3.8) is 0 Å². The molecule has 1 aromatic rings. The fourth-order valence-corrected chi connectivity index (χ4v) is 1.69. The largest absolute Gasteiger partial charge is 0.330 e. The summed E-state index contributed by atoms with van der Waals surface area (Å²) in [6.45, 7) is 5.12. The van der Waals surface area contributed by atoms with Gasteiger partial charge in [-0.2, -0.15) is 0 Å². The van der Waals surface area contributed by atoms with Gasteiger partial charge in [0.25, 0.3) is 0 Å². The van der Waals surface area contributed by atoms with Gasteiger partial charge in [0.15, 0.2) is 0 Å². The Morgan fingerprint density at radius 2 is 1.62 bits per heavy atom. The topological polar surface area (TPSA) is 52.6 Å². The van der Waals surface area contributed by atoms with Crippen molar-refractivity contribution < 1.29 is 4.79 Å². The first kappa shape index (κ1) is 22.2. The van der Waals surface area contributed by atoms with Gasteiger partial charge in [0.05, 0.1) is 0 Å². The predicted molar refractivity (Wildman–Crippen MR) is 91.0 cm³/mol. The molecule has 0 unspecified atom stereocenters. The number of hydrogen-bond acceptors (Lipinski definition) is 4.